The van der Waals surface area contributed by atoms with Crippen molar-refractivity contribution in [1.29, 1.82) is 0 Å². The van der Waals surface area contributed by atoms with E-state index in [0.717, 1.165) is 35.9 Å². The highest BCUT2D eigenvalue weighted by Crippen LogP contribution is 2.45. The largest absolute Gasteiger partial charge is 0.480 e. The van der Waals surface area contributed by atoms with Gasteiger partial charge in [-0.05, 0) is 32.4 Å². The summed E-state index contributed by atoms with van der Waals surface area (Å²) in [4.78, 5) is 23.9. The van der Waals surface area contributed by atoms with Crippen molar-refractivity contribution in [2.75, 3.05) is 27.2 Å². The molecule has 1 aliphatic carbocycles. The third kappa shape index (κ3) is 5.10. The van der Waals surface area contributed by atoms with E-state index in [-0.39, 0.29) is 12.6 Å². The minimum absolute atomic E-state index is 0.0457. The van der Waals surface area contributed by atoms with Crippen molar-refractivity contribution in [3.05, 3.63) is 65.5 Å². The van der Waals surface area contributed by atoms with Gasteiger partial charge in [0.2, 0.25) is 11.8 Å². The van der Waals surface area contributed by atoms with Crippen LogP contribution >= 0.6 is 0 Å². The zero-order valence-electron chi connectivity index (χ0n) is 22.3. The number of nitrogens with zero attached hydrogens (tertiary/aromatic N) is 7. The highest BCUT2D eigenvalue weighted by atomic mass is 19.4. The van der Waals surface area contributed by atoms with Crippen LogP contribution in [0.2, 0.25) is 0 Å². The van der Waals surface area contributed by atoms with Crippen LogP contribution in [0.3, 0.4) is 0 Å². The lowest BCUT2D eigenvalue weighted by atomic mass is 10.1. The minimum Gasteiger partial charge on any atom is -0.480 e. The average molecular weight is 552 g/mol. The van der Waals surface area contributed by atoms with Crippen LogP contribution in [-0.2, 0) is 12.8 Å². The first kappa shape index (κ1) is 26.2. The number of ether oxygens (including phenoxy) is 2. The van der Waals surface area contributed by atoms with Crippen molar-refractivity contribution in [1.82, 2.24) is 34.4 Å². The summed E-state index contributed by atoms with van der Waals surface area (Å²) < 4.78 is 53.5. The summed E-state index contributed by atoms with van der Waals surface area (Å²) in [5.41, 5.74) is 2.87. The van der Waals surface area contributed by atoms with Gasteiger partial charge in [-0.25, -0.2) is 19.9 Å². The summed E-state index contributed by atoms with van der Waals surface area (Å²) in [5, 5.41) is 0. The molecule has 4 aromatic rings. The predicted molar refractivity (Wildman–Crippen MR) is 140 cm³/mol. The number of imidazole rings is 1. The van der Waals surface area contributed by atoms with Crippen molar-refractivity contribution in [3.8, 4) is 34.5 Å². The third-order valence-electron chi connectivity index (χ3n) is 7.20. The van der Waals surface area contributed by atoms with Gasteiger partial charge in [-0.1, -0.05) is 24.3 Å². The van der Waals surface area contributed by atoms with Gasteiger partial charge in [-0.3, -0.25) is 0 Å². The molecule has 12 heteroatoms. The molecule has 0 amide bonds. The average Bonchev–Trinajstić information content (AvgIpc) is 3.68. The molecule has 3 aromatic heterocycles. The summed E-state index contributed by atoms with van der Waals surface area (Å²) in [6.07, 6.45) is 1.89. The Morgan fingerprint density at radius 1 is 1.00 bits per heavy atom. The van der Waals surface area contributed by atoms with Crippen LogP contribution in [-0.4, -0.2) is 61.6 Å². The Bertz CT molecular complexity index is 1530. The molecule has 0 radical (unpaired) electrons. The fourth-order valence-electron chi connectivity index (χ4n) is 4.87. The van der Waals surface area contributed by atoms with Gasteiger partial charge in [-0.2, -0.15) is 18.2 Å². The number of aromatic nitrogens is 6. The van der Waals surface area contributed by atoms with E-state index in [2.05, 4.69) is 29.8 Å². The Hall–Kier alpha value is -4.06. The maximum atomic E-state index is 13.4. The van der Waals surface area contributed by atoms with Gasteiger partial charge in [-0.15, -0.1) is 0 Å². The Morgan fingerprint density at radius 3 is 2.40 bits per heavy atom. The fourth-order valence-corrected chi connectivity index (χ4v) is 4.87. The van der Waals surface area contributed by atoms with Crippen LogP contribution in [0.4, 0.5) is 13.2 Å². The molecule has 1 saturated heterocycles. The lowest BCUT2D eigenvalue weighted by Gasteiger charge is -2.37. The van der Waals surface area contributed by atoms with Gasteiger partial charge in [0.05, 0.1) is 18.8 Å². The molecular formula is C28H28F3N7O2. The molecule has 208 valence electrons. The van der Waals surface area contributed by atoms with E-state index in [1.807, 2.05) is 26.1 Å². The predicted octanol–water partition coefficient (Wildman–Crippen LogP) is 5.08. The molecule has 2 fully saturated rings. The van der Waals surface area contributed by atoms with Crippen LogP contribution in [0.5, 0.6) is 11.8 Å². The number of alkyl halides is 3. The number of halogens is 3. The van der Waals surface area contributed by atoms with Crippen molar-refractivity contribution in [2.24, 2.45) is 0 Å². The molecule has 0 bridgehead atoms. The quantitative estimate of drug-likeness (QED) is 0.300. The molecule has 2 aliphatic rings. The lowest BCUT2D eigenvalue weighted by molar-refractivity contribution is -0.141. The first-order valence-corrected chi connectivity index (χ1v) is 13.0. The number of likely N-dealkylation sites (tertiary alicyclic amines) is 1. The Kier molecular flexibility index (Phi) is 6.65. The normalized spacial score (nSPS) is 16.1. The van der Waals surface area contributed by atoms with E-state index in [0.29, 0.717) is 53.5 Å². The number of hydrogen-bond donors (Lipinski definition) is 0. The third-order valence-corrected chi connectivity index (χ3v) is 7.20. The van der Waals surface area contributed by atoms with E-state index >= 15 is 0 Å². The maximum Gasteiger partial charge on any atom is 0.434 e. The number of methoxy groups -OCH3 is 1. The van der Waals surface area contributed by atoms with Gasteiger partial charge in [0.15, 0.2) is 11.5 Å². The second-order valence-electron chi connectivity index (χ2n) is 10.3. The van der Waals surface area contributed by atoms with Crippen LogP contribution in [0.1, 0.15) is 47.3 Å². The first-order chi connectivity index (χ1) is 19.2. The van der Waals surface area contributed by atoms with E-state index in [4.69, 9.17) is 9.47 Å². The molecule has 6 rings (SSSR count). The van der Waals surface area contributed by atoms with Crippen LogP contribution in [0, 0.1) is 6.92 Å². The molecule has 0 spiro atoms. The van der Waals surface area contributed by atoms with Crippen LogP contribution in [0.15, 0.2) is 43.0 Å². The molecular weight excluding hydrogens is 523 g/mol. The zero-order valence-corrected chi connectivity index (χ0v) is 22.3. The standard InChI is InChI=1S/C28H28F3N7O2/c1-16-10-32-24(22-23(18-8-9-18)33-15-34-27(22)39-3)36-26(16)40-14-17-4-6-19(7-5-17)25-35-21(28(29,30)31)13-38(25)20-11-37(2)12-20/h4-7,10,13,15,18,20H,8-9,11-12,14H2,1-3H3. The topological polar surface area (TPSA) is 91.1 Å². The highest BCUT2D eigenvalue weighted by molar-refractivity contribution is 5.66. The molecule has 1 aliphatic heterocycles. The van der Waals surface area contributed by atoms with Crippen molar-refractivity contribution >= 4 is 0 Å². The van der Waals surface area contributed by atoms with E-state index in [1.165, 1.54) is 6.33 Å². The summed E-state index contributed by atoms with van der Waals surface area (Å²) in [7, 11) is 3.49. The number of hydrogen-bond acceptors (Lipinski definition) is 8. The van der Waals surface area contributed by atoms with Crippen molar-refractivity contribution in [2.45, 2.75) is 44.5 Å². The lowest BCUT2D eigenvalue weighted by Crippen LogP contribution is -2.44. The minimum atomic E-state index is -4.51. The monoisotopic (exact) mass is 551 g/mol. The van der Waals surface area contributed by atoms with Gasteiger partial charge in [0.25, 0.3) is 0 Å². The highest BCUT2D eigenvalue weighted by Gasteiger charge is 2.37. The second kappa shape index (κ2) is 10.2. The molecule has 9 nitrogen and oxygen atoms in total. The Labute approximate surface area is 229 Å². The number of aryl methyl sites for hydroxylation is 1. The van der Waals surface area contributed by atoms with Gasteiger partial charge in [0.1, 0.15) is 24.3 Å². The molecule has 0 N–H and O–H groups in total. The molecule has 0 atom stereocenters. The summed E-state index contributed by atoms with van der Waals surface area (Å²) in [6, 6.07) is 7.14. The molecule has 1 aromatic carbocycles. The number of rotatable bonds is 8. The summed E-state index contributed by atoms with van der Waals surface area (Å²) >= 11 is 0. The number of benzene rings is 1. The molecule has 0 unspecified atom stereocenters. The Morgan fingerprint density at radius 2 is 1.75 bits per heavy atom. The van der Waals surface area contributed by atoms with E-state index < -0.39 is 11.9 Å². The zero-order chi connectivity index (χ0) is 28.0. The maximum absolute atomic E-state index is 13.4. The van der Waals surface area contributed by atoms with E-state index in [9.17, 15) is 13.2 Å². The van der Waals surface area contributed by atoms with Gasteiger partial charge >= 0.3 is 6.18 Å². The van der Waals surface area contributed by atoms with Crippen molar-refractivity contribution < 1.29 is 22.6 Å². The summed E-state index contributed by atoms with van der Waals surface area (Å²) in [6.45, 7) is 3.43. The van der Waals surface area contributed by atoms with Gasteiger partial charge < -0.3 is 18.9 Å². The summed E-state index contributed by atoms with van der Waals surface area (Å²) in [5.74, 6) is 1.92. The molecule has 4 heterocycles. The molecule has 1 saturated carbocycles. The van der Waals surface area contributed by atoms with Gasteiger partial charge in [0, 0.05) is 42.5 Å². The SMILES string of the molecule is COc1ncnc(C2CC2)c1-c1ncc(C)c(OCc2ccc(-c3nc(C(F)(F)F)cn3C3CN(C)C3)cc2)n1. The van der Waals surface area contributed by atoms with Crippen LogP contribution < -0.4 is 9.47 Å². The van der Waals surface area contributed by atoms with E-state index in [1.54, 1.807) is 30.0 Å². The van der Waals surface area contributed by atoms with Crippen LogP contribution in [0.25, 0.3) is 22.8 Å². The first-order valence-electron chi connectivity index (χ1n) is 13.0. The fraction of sp³-hybridized carbons (Fsp3) is 0.393. The Balaban J connectivity index is 1.22. The second-order valence-corrected chi connectivity index (χ2v) is 10.3. The number of likely N-dealkylation sites (N-methyl/N-ethyl adjacent to an activating group) is 1. The molecule has 40 heavy (non-hydrogen) atoms. The smallest absolute Gasteiger partial charge is 0.434 e. The van der Waals surface area contributed by atoms with Crippen molar-refractivity contribution in [3.63, 3.8) is 0 Å².